The monoisotopic (exact) mass is 326 g/mol. The maximum absolute atomic E-state index is 12.6. The van der Waals surface area contributed by atoms with Gasteiger partial charge in [-0.2, -0.15) is 0 Å². The van der Waals surface area contributed by atoms with E-state index in [4.69, 9.17) is 16.6 Å². The molecule has 1 aliphatic rings. The minimum Gasteiger partial charge on any atom is -0.324 e. The van der Waals surface area contributed by atoms with Gasteiger partial charge in [0.05, 0.1) is 11.4 Å². The van der Waals surface area contributed by atoms with Crippen LogP contribution >= 0.6 is 11.6 Å². The molecule has 3 rings (SSSR count). The molecule has 0 fully saturated rings. The van der Waals surface area contributed by atoms with Crippen LogP contribution in [0.4, 0.5) is 5.69 Å². The Morgan fingerprint density at radius 3 is 2.65 bits per heavy atom. The van der Waals surface area contributed by atoms with E-state index >= 15 is 0 Å². The summed E-state index contributed by atoms with van der Waals surface area (Å²) in [6.45, 7) is 4.13. The molecule has 4 heteroatoms. The summed E-state index contributed by atoms with van der Waals surface area (Å²) in [7, 11) is 0. The molecule has 2 unspecified atom stereocenters. The number of anilines is 1. The second kappa shape index (κ2) is 6.55. The lowest BCUT2D eigenvalue weighted by molar-refractivity contribution is -0.118. The Kier molecular flexibility index (Phi) is 4.49. The van der Waals surface area contributed by atoms with Crippen LogP contribution in [0.15, 0.2) is 53.5 Å². The van der Waals surface area contributed by atoms with Gasteiger partial charge in [0.1, 0.15) is 6.04 Å². The highest BCUT2D eigenvalue weighted by Gasteiger charge is 2.29. The number of hydrogen-bond donors (Lipinski definition) is 1. The fourth-order valence-corrected chi connectivity index (χ4v) is 2.90. The van der Waals surface area contributed by atoms with Crippen LogP contribution in [0, 0.1) is 5.92 Å². The number of nitrogens with zero attached hydrogens (tertiary/aromatic N) is 1. The van der Waals surface area contributed by atoms with Crippen LogP contribution in [-0.2, 0) is 4.79 Å². The van der Waals surface area contributed by atoms with Crippen LogP contribution in [0.1, 0.15) is 31.4 Å². The highest BCUT2D eigenvalue weighted by Crippen LogP contribution is 2.29. The maximum atomic E-state index is 12.6. The Hall–Kier alpha value is -2.13. The zero-order chi connectivity index (χ0) is 16.4. The summed E-state index contributed by atoms with van der Waals surface area (Å²) in [4.78, 5) is 17.4. The number of rotatable bonds is 3. The Bertz CT molecular complexity index is 755. The number of benzodiazepines with no additional fused rings is 1. The number of hydrogen-bond acceptors (Lipinski definition) is 2. The molecule has 0 saturated heterocycles. The largest absolute Gasteiger partial charge is 0.324 e. The molecular weight excluding hydrogens is 308 g/mol. The quantitative estimate of drug-likeness (QED) is 0.883. The molecule has 0 aromatic heterocycles. The standard InChI is InChI=1S/C19H19ClN2O/c1-3-12(2)17-19(23)21-16-10-9-14(20)11-15(16)18(22-17)13-7-5-4-6-8-13/h4-12,17H,3H2,1-2H3,(H,21,23). The predicted octanol–water partition coefficient (Wildman–Crippen LogP) is 4.54. The van der Waals surface area contributed by atoms with E-state index in [0.29, 0.717) is 5.02 Å². The van der Waals surface area contributed by atoms with E-state index in [1.807, 2.05) is 42.5 Å². The van der Waals surface area contributed by atoms with E-state index in [-0.39, 0.29) is 11.8 Å². The van der Waals surface area contributed by atoms with Crippen LogP contribution in [0.25, 0.3) is 0 Å². The molecule has 2 aromatic rings. The average Bonchev–Trinajstić information content (AvgIpc) is 2.71. The summed E-state index contributed by atoms with van der Waals surface area (Å²) >= 11 is 6.18. The Balaban J connectivity index is 2.21. The molecule has 0 spiro atoms. The van der Waals surface area contributed by atoms with Crippen molar-refractivity contribution in [3.63, 3.8) is 0 Å². The van der Waals surface area contributed by atoms with Crippen molar-refractivity contribution in [3.8, 4) is 0 Å². The van der Waals surface area contributed by atoms with Gasteiger partial charge in [0.2, 0.25) is 5.91 Å². The summed E-state index contributed by atoms with van der Waals surface area (Å²) in [6.07, 6.45) is 0.890. The number of carbonyl (C=O) groups is 1. The first-order valence-corrected chi connectivity index (χ1v) is 8.22. The fourth-order valence-electron chi connectivity index (χ4n) is 2.73. The lowest BCUT2D eigenvalue weighted by atomic mass is 9.98. The van der Waals surface area contributed by atoms with E-state index in [2.05, 4.69) is 19.2 Å². The summed E-state index contributed by atoms with van der Waals surface area (Å²) in [5.41, 5.74) is 3.42. The van der Waals surface area contributed by atoms with Crippen molar-refractivity contribution in [3.05, 3.63) is 64.7 Å². The average molecular weight is 327 g/mol. The minimum absolute atomic E-state index is 0.0612. The molecular formula is C19H19ClN2O. The number of nitrogens with one attached hydrogen (secondary N) is 1. The van der Waals surface area contributed by atoms with Gasteiger partial charge in [-0.1, -0.05) is 62.2 Å². The first-order chi connectivity index (χ1) is 11.1. The third-order valence-corrected chi connectivity index (χ3v) is 4.50. The van der Waals surface area contributed by atoms with Crippen molar-refractivity contribution in [1.82, 2.24) is 0 Å². The van der Waals surface area contributed by atoms with Crippen molar-refractivity contribution < 1.29 is 4.79 Å². The zero-order valence-electron chi connectivity index (χ0n) is 13.2. The van der Waals surface area contributed by atoms with E-state index in [0.717, 1.165) is 28.9 Å². The van der Waals surface area contributed by atoms with Crippen molar-refractivity contribution >= 4 is 28.9 Å². The van der Waals surface area contributed by atoms with Crippen LogP contribution in [0.3, 0.4) is 0 Å². The summed E-state index contributed by atoms with van der Waals surface area (Å²) < 4.78 is 0. The Morgan fingerprint density at radius 1 is 1.22 bits per heavy atom. The number of fused-ring (bicyclic) bond motifs is 1. The van der Waals surface area contributed by atoms with Gasteiger partial charge in [0.25, 0.3) is 0 Å². The van der Waals surface area contributed by atoms with Gasteiger partial charge in [0, 0.05) is 16.1 Å². The van der Waals surface area contributed by atoms with Crippen molar-refractivity contribution in [2.75, 3.05) is 5.32 Å². The molecule has 23 heavy (non-hydrogen) atoms. The summed E-state index contributed by atoms with van der Waals surface area (Å²) in [6, 6.07) is 15.0. The number of halogens is 1. The molecule has 0 aliphatic carbocycles. The summed E-state index contributed by atoms with van der Waals surface area (Å²) in [5, 5.41) is 3.63. The van der Waals surface area contributed by atoms with Gasteiger partial charge in [-0.25, -0.2) is 0 Å². The second-order valence-corrected chi connectivity index (χ2v) is 6.29. The Morgan fingerprint density at radius 2 is 1.96 bits per heavy atom. The van der Waals surface area contributed by atoms with Gasteiger partial charge < -0.3 is 5.32 Å². The number of benzene rings is 2. The van der Waals surface area contributed by atoms with E-state index in [9.17, 15) is 4.79 Å². The molecule has 1 amide bonds. The van der Waals surface area contributed by atoms with Crippen LogP contribution < -0.4 is 5.32 Å². The zero-order valence-corrected chi connectivity index (χ0v) is 14.0. The van der Waals surface area contributed by atoms with Gasteiger partial charge >= 0.3 is 0 Å². The normalized spacial score (nSPS) is 18.5. The molecule has 2 aromatic carbocycles. The predicted molar refractivity (Wildman–Crippen MR) is 95.4 cm³/mol. The van der Waals surface area contributed by atoms with Crippen molar-refractivity contribution in [2.24, 2.45) is 10.9 Å². The van der Waals surface area contributed by atoms with E-state index in [1.165, 1.54) is 0 Å². The molecule has 2 atom stereocenters. The molecule has 118 valence electrons. The third-order valence-electron chi connectivity index (χ3n) is 4.26. The minimum atomic E-state index is -0.401. The highest BCUT2D eigenvalue weighted by molar-refractivity contribution is 6.32. The topological polar surface area (TPSA) is 41.5 Å². The van der Waals surface area contributed by atoms with Gasteiger partial charge in [0.15, 0.2) is 0 Å². The maximum Gasteiger partial charge on any atom is 0.249 e. The lowest BCUT2D eigenvalue weighted by Crippen LogP contribution is -2.31. The molecule has 1 aliphatic heterocycles. The molecule has 3 nitrogen and oxygen atoms in total. The number of aliphatic imine (C=N–C) groups is 1. The second-order valence-electron chi connectivity index (χ2n) is 5.85. The van der Waals surface area contributed by atoms with Gasteiger partial charge in [-0.15, -0.1) is 0 Å². The smallest absolute Gasteiger partial charge is 0.249 e. The molecule has 1 heterocycles. The SMILES string of the molecule is CCC(C)C1N=C(c2ccccc2)c2cc(Cl)ccc2NC1=O. The van der Waals surface area contributed by atoms with Crippen molar-refractivity contribution in [2.45, 2.75) is 26.3 Å². The highest BCUT2D eigenvalue weighted by atomic mass is 35.5. The van der Waals surface area contributed by atoms with E-state index in [1.54, 1.807) is 6.07 Å². The molecule has 0 saturated carbocycles. The van der Waals surface area contributed by atoms with Gasteiger partial charge in [-0.05, 0) is 24.1 Å². The van der Waals surface area contributed by atoms with Crippen LogP contribution in [-0.4, -0.2) is 17.7 Å². The first-order valence-electron chi connectivity index (χ1n) is 7.84. The fraction of sp³-hybridized carbons (Fsp3) is 0.263. The molecule has 1 N–H and O–H groups in total. The van der Waals surface area contributed by atoms with Crippen molar-refractivity contribution in [1.29, 1.82) is 0 Å². The van der Waals surface area contributed by atoms with Gasteiger partial charge in [-0.3, -0.25) is 9.79 Å². The Labute approximate surface area is 141 Å². The molecule has 0 radical (unpaired) electrons. The number of carbonyl (C=O) groups excluding carboxylic acids is 1. The third kappa shape index (κ3) is 3.15. The summed E-state index contributed by atoms with van der Waals surface area (Å²) in [5.74, 6) is 0.104. The first kappa shape index (κ1) is 15.8. The lowest BCUT2D eigenvalue weighted by Gasteiger charge is -2.17. The van der Waals surface area contributed by atoms with Crippen LogP contribution in [0.2, 0.25) is 5.02 Å². The van der Waals surface area contributed by atoms with Crippen LogP contribution in [0.5, 0.6) is 0 Å². The number of amides is 1. The van der Waals surface area contributed by atoms with E-state index < -0.39 is 6.04 Å². The molecule has 0 bridgehead atoms.